The molecule has 0 saturated carbocycles. The van der Waals surface area contributed by atoms with Crippen LogP contribution >= 0.6 is 23.2 Å². The van der Waals surface area contributed by atoms with E-state index in [9.17, 15) is 4.79 Å². The maximum atomic E-state index is 12.6. The summed E-state index contributed by atoms with van der Waals surface area (Å²) in [5.74, 6) is 0.992. The zero-order valence-corrected chi connectivity index (χ0v) is 18.8. The molecule has 0 unspecified atom stereocenters. The van der Waals surface area contributed by atoms with Gasteiger partial charge in [-0.1, -0.05) is 65.7 Å². The first-order chi connectivity index (χ1) is 15.1. The van der Waals surface area contributed by atoms with Gasteiger partial charge in [-0.3, -0.25) is 9.69 Å². The zero-order valence-electron chi connectivity index (χ0n) is 17.3. The predicted octanol–water partition coefficient (Wildman–Crippen LogP) is 5.55. The molecule has 1 aliphatic rings. The Labute approximate surface area is 193 Å². The summed E-state index contributed by atoms with van der Waals surface area (Å²) in [6.45, 7) is 3.37. The molecular weight excluding hydrogens is 431 g/mol. The van der Waals surface area contributed by atoms with Crippen LogP contribution in [-0.4, -0.2) is 37.0 Å². The van der Waals surface area contributed by atoms with Crippen molar-refractivity contribution in [2.45, 2.75) is 19.4 Å². The normalized spacial score (nSPS) is 15.2. The van der Waals surface area contributed by atoms with Crippen LogP contribution < -0.4 is 10.1 Å². The summed E-state index contributed by atoms with van der Waals surface area (Å²) in [6.07, 6.45) is 1.66. The van der Waals surface area contributed by atoms with E-state index in [2.05, 4.69) is 22.3 Å². The molecule has 1 N–H and O–H groups in total. The van der Waals surface area contributed by atoms with Crippen LogP contribution in [0.15, 0.2) is 60.7 Å². The second-order valence-corrected chi connectivity index (χ2v) is 8.68. The highest BCUT2D eigenvalue weighted by molar-refractivity contribution is 6.35. The van der Waals surface area contributed by atoms with Gasteiger partial charge in [-0.05, 0) is 49.5 Å². The van der Waals surface area contributed by atoms with Gasteiger partial charge < -0.3 is 10.1 Å². The van der Waals surface area contributed by atoms with E-state index in [1.807, 2.05) is 48.5 Å². The van der Waals surface area contributed by atoms with E-state index in [-0.39, 0.29) is 11.8 Å². The van der Waals surface area contributed by atoms with Crippen molar-refractivity contribution in [2.75, 3.05) is 26.2 Å². The number of nitrogens with zero attached hydrogens (tertiary/aromatic N) is 1. The largest absolute Gasteiger partial charge is 0.491 e. The number of hydrogen-bond acceptors (Lipinski definition) is 3. The van der Waals surface area contributed by atoms with Gasteiger partial charge in [0.2, 0.25) is 5.91 Å². The monoisotopic (exact) mass is 456 g/mol. The van der Waals surface area contributed by atoms with Gasteiger partial charge in [0.15, 0.2) is 0 Å². The van der Waals surface area contributed by atoms with Crippen LogP contribution in [0.4, 0.5) is 0 Å². The molecule has 4 nitrogen and oxygen atoms in total. The maximum Gasteiger partial charge on any atom is 0.223 e. The number of fused-ring (bicyclic) bond motifs is 1. The number of amides is 1. The Morgan fingerprint density at radius 3 is 2.42 bits per heavy atom. The molecule has 0 aliphatic carbocycles. The molecule has 1 fully saturated rings. The Bertz CT molecular complexity index is 1020. The lowest BCUT2D eigenvalue weighted by Crippen LogP contribution is -2.41. The minimum Gasteiger partial charge on any atom is -0.491 e. The maximum absolute atomic E-state index is 12.6. The van der Waals surface area contributed by atoms with E-state index >= 15 is 0 Å². The molecule has 3 aromatic rings. The summed E-state index contributed by atoms with van der Waals surface area (Å²) >= 11 is 12.6. The summed E-state index contributed by atoms with van der Waals surface area (Å²) in [6, 6.07) is 19.7. The first-order valence-corrected chi connectivity index (χ1v) is 11.4. The first-order valence-electron chi connectivity index (χ1n) is 10.7. The second kappa shape index (κ2) is 10.4. The summed E-state index contributed by atoms with van der Waals surface area (Å²) < 4.78 is 5.91. The van der Waals surface area contributed by atoms with E-state index in [0.717, 1.165) is 48.0 Å². The lowest BCUT2D eigenvalue weighted by atomic mass is 9.95. The lowest BCUT2D eigenvalue weighted by Gasteiger charge is -2.31. The van der Waals surface area contributed by atoms with E-state index in [4.69, 9.17) is 27.9 Å². The number of benzene rings is 3. The summed E-state index contributed by atoms with van der Waals surface area (Å²) in [7, 11) is 0. The van der Waals surface area contributed by atoms with Crippen molar-refractivity contribution in [1.29, 1.82) is 0 Å². The number of rotatable bonds is 7. The number of carbonyl (C=O) groups is 1. The highest BCUT2D eigenvalue weighted by Gasteiger charge is 2.25. The molecule has 162 valence electrons. The van der Waals surface area contributed by atoms with Gasteiger partial charge in [0.1, 0.15) is 12.4 Å². The fourth-order valence-corrected chi connectivity index (χ4v) is 4.58. The number of carbonyl (C=O) groups excluding carboxylic acids is 1. The standard InChI is InChI=1S/C25H26Cl2N2O2/c26-22-8-4-9-23(27)21(22)17-29-14-11-19(12-15-29)25(30)28-13-16-31-24-10-3-6-18-5-1-2-7-20(18)24/h1-10,19H,11-17H2,(H,28,30). The highest BCUT2D eigenvalue weighted by Crippen LogP contribution is 2.28. The van der Waals surface area contributed by atoms with Crippen LogP contribution in [0.25, 0.3) is 10.8 Å². The van der Waals surface area contributed by atoms with E-state index in [1.165, 1.54) is 0 Å². The number of hydrogen-bond donors (Lipinski definition) is 1. The van der Waals surface area contributed by atoms with Crippen molar-refractivity contribution in [3.63, 3.8) is 0 Å². The first kappa shape index (κ1) is 21.9. The Kier molecular flexibility index (Phi) is 7.33. The minimum absolute atomic E-state index is 0.0375. The third-order valence-electron chi connectivity index (χ3n) is 5.81. The molecule has 3 aromatic carbocycles. The fourth-order valence-electron chi connectivity index (χ4n) is 4.06. The van der Waals surface area contributed by atoms with Gasteiger partial charge >= 0.3 is 0 Å². The summed E-state index contributed by atoms with van der Waals surface area (Å²) in [5.41, 5.74) is 0.958. The Morgan fingerprint density at radius 1 is 0.968 bits per heavy atom. The number of halogens is 2. The smallest absolute Gasteiger partial charge is 0.223 e. The van der Waals surface area contributed by atoms with Crippen LogP contribution in [0.1, 0.15) is 18.4 Å². The lowest BCUT2D eigenvalue weighted by molar-refractivity contribution is -0.126. The molecule has 0 radical (unpaired) electrons. The van der Waals surface area contributed by atoms with Crippen LogP contribution in [-0.2, 0) is 11.3 Å². The summed E-state index contributed by atoms with van der Waals surface area (Å²) in [5, 5.41) is 6.65. The fraction of sp³-hybridized carbons (Fsp3) is 0.320. The Hall–Kier alpha value is -2.27. The molecule has 1 aliphatic heterocycles. The molecule has 0 atom stereocenters. The van der Waals surface area contributed by atoms with Crippen molar-refractivity contribution in [1.82, 2.24) is 10.2 Å². The van der Waals surface area contributed by atoms with Crippen LogP contribution in [0.2, 0.25) is 10.0 Å². The highest BCUT2D eigenvalue weighted by atomic mass is 35.5. The van der Waals surface area contributed by atoms with Gasteiger partial charge in [-0.15, -0.1) is 0 Å². The Morgan fingerprint density at radius 2 is 1.65 bits per heavy atom. The molecule has 0 bridgehead atoms. The van der Waals surface area contributed by atoms with Gasteiger partial charge in [0, 0.05) is 33.5 Å². The third kappa shape index (κ3) is 5.51. The van der Waals surface area contributed by atoms with Crippen molar-refractivity contribution in [3.8, 4) is 5.75 Å². The molecule has 0 aromatic heterocycles. The van der Waals surface area contributed by atoms with E-state index in [1.54, 1.807) is 0 Å². The quantitative estimate of drug-likeness (QED) is 0.473. The predicted molar refractivity (Wildman–Crippen MR) is 127 cm³/mol. The van der Waals surface area contributed by atoms with E-state index in [0.29, 0.717) is 29.7 Å². The topological polar surface area (TPSA) is 41.6 Å². The number of likely N-dealkylation sites (tertiary alicyclic amines) is 1. The van der Waals surface area contributed by atoms with Crippen LogP contribution in [0, 0.1) is 5.92 Å². The van der Waals surface area contributed by atoms with Gasteiger partial charge in [0.05, 0.1) is 6.54 Å². The molecule has 0 spiro atoms. The van der Waals surface area contributed by atoms with Crippen LogP contribution in [0.5, 0.6) is 5.75 Å². The van der Waals surface area contributed by atoms with Gasteiger partial charge in [-0.25, -0.2) is 0 Å². The molecular formula is C25H26Cl2N2O2. The Balaban J connectivity index is 1.21. The zero-order chi connectivity index (χ0) is 21.6. The van der Waals surface area contributed by atoms with Crippen molar-refractivity contribution >= 4 is 39.9 Å². The number of piperidine rings is 1. The molecule has 31 heavy (non-hydrogen) atoms. The van der Waals surface area contributed by atoms with Gasteiger partial charge in [-0.2, -0.15) is 0 Å². The molecule has 6 heteroatoms. The minimum atomic E-state index is 0.0375. The van der Waals surface area contributed by atoms with Crippen molar-refractivity contribution in [3.05, 3.63) is 76.3 Å². The molecule has 4 rings (SSSR count). The van der Waals surface area contributed by atoms with Crippen LogP contribution in [0.3, 0.4) is 0 Å². The van der Waals surface area contributed by atoms with Crippen molar-refractivity contribution < 1.29 is 9.53 Å². The van der Waals surface area contributed by atoms with Crippen molar-refractivity contribution in [2.24, 2.45) is 5.92 Å². The van der Waals surface area contributed by atoms with E-state index < -0.39 is 0 Å². The summed E-state index contributed by atoms with van der Waals surface area (Å²) in [4.78, 5) is 14.9. The molecule has 1 saturated heterocycles. The number of nitrogens with one attached hydrogen (secondary N) is 1. The third-order valence-corrected chi connectivity index (χ3v) is 6.52. The number of ether oxygens (including phenoxy) is 1. The SMILES string of the molecule is O=C(NCCOc1cccc2ccccc12)C1CCN(Cc2c(Cl)cccc2Cl)CC1. The second-order valence-electron chi connectivity index (χ2n) is 7.87. The molecule has 1 amide bonds. The average Bonchev–Trinajstić information content (AvgIpc) is 2.79. The van der Waals surface area contributed by atoms with Gasteiger partial charge in [0.25, 0.3) is 0 Å². The average molecular weight is 457 g/mol. The molecule has 1 heterocycles.